The molecule has 0 aliphatic carbocycles. The zero-order valence-electron chi connectivity index (χ0n) is 14.4. The molecule has 0 saturated heterocycles. The van der Waals surface area contributed by atoms with Gasteiger partial charge in [0.05, 0.1) is 0 Å². The third-order valence-electron chi connectivity index (χ3n) is 4.15. The first-order chi connectivity index (χ1) is 10.4. The van der Waals surface area contributed by atoms with Crippen molar-refractivity contribution in [3.8, 4) is 0 Å². The third-order valence-corrected chi connectivity index (χ3v) is 4.15. The normalized spacial score (nSPS) is 11.8. The van der Waals surface area contributed by atoms with E-state index >= 15 is 0 Å². The summed E-state index contributed by atoms with van der Waals surface area (Å²) in [5.41, 5.74) is 8.90. The molecule has 0 heteroatoms. The van der Waals surface area contributed by atoms with Crippen LogP contribution in [0.5, 0.6) is 0 Å². The van der Waals surface area contributed by atoms with Gasteiger partial charge in [-0.15, -0.1) is 0 Å². The van der Waals surface area contributed by atoms with Gasteiger partial charge in [-0.25, -0.2) is 0 Å². The van der Waals surface area contributed by atoms with Gasteiger partial charge in [0.15, 0.2) is 0 Å². The van der Waals surface area contributed by atoms with Gasteiger partial charge in [0.2, 0.25) is 0 Å². The van der Waals surface area contributed by atoms with Crippen LogP contribution in [0.4, 0.5) is 0 Å². The van der Waals surface area contributed by atoms with Crippen LogP contribution in [-0.2, 0) is 0 Å². The van der Waals surface area contributed by atoms with Crippen molar-refractivity contribution in [2.24, 2.45) is 0 Å². The molecule has 2 rings (SSSR count). The molecule has 0 aliphatic rings. The Kier molecular flexibility index (Phi) is 5.03. The molecular weight excluding hydrogens is 264 g/mol. The number of rotatable bonds is 4. The lowest BCUT2D eigenvalue weighted by molar-refractivity contribution is 0.865. The molecule has 0 atom stereocenters. The summed E-state index contributed by atoms with van der Waals surface area (Å²) in [6, 6.07) is 15.4. The summed E-state index contributed by atoms with van der Waals surface area (Å²) in [7, 11) is 0. The Balaban J connectivity index is 2.64. The molecule has 0 fully saturated rings. The monoisotopic (exact) mass is 290 g/mol. The van der Waals surface area contributed by atoms with E-state index in [9.17, 15) is 0 Å². The molecule has 0 radical (unpaired) electrons. The van der Waals surface area contributed by atoms with E-state index < -0.39 is 0 Å². The SMILES string of the molecule is C=C(C)c1cc(/C(=C/C)c2ccccc2C)cc(C(C)C)c1. The van der Waals surface area contributed by atoms with E-state index in [4.69, 9.17) is 0 Å². The first-order valence-corrected chi connectivity index (χ1v) is 7.97. The van der Waals surface area contributed by atoms with Gasteiger partial charge in [-0.1, -0.05) is 68.5 Å². The van der Waals surface area contributed by atoms with Crippen molar-refractivity contribution in [1.29, 1.82) is 0 Å². The summed E-state index contributed by atoms with van der Waals surface area (Å²) in [5.74, 6) is 0.507. The lowest BCUT2D eigenvalue weighted by Gasteiger charge is -2.16. The van der Waals surface area contributed by atoms with E-state index in [1.807, 2.05) is 0 Å². The predicted octanol–water partition coefficient (Wildman–Crippen LogP) is 6.60. The van der Waals surface area contributed by atoms with E-state index in [0.717, 1.165) is 5.57 Å². The Labute approximate surface area is 135 Å². The van der Waals surface area contributed by atoms with Crippen LogP contribution in [0.2, 0.25) is 0 Å². The number of aryl methyl sites for hydroxylation is 1. The number of hydrogen-bond acceptors (Lipinski definition) is 0. The summed E-state index contributed by atoms with van der Waals surface area (Å²) in [5, 5.41) is 0. The van der Waals surface area contributed by atoms with Crippen LogP contribution in [0.1, 0.15) is 61.4 Å². The highest BCUT2D eigenvalue weighted by Crippen LogP contribution is 2.31. The molecule has 114 valence electrons. The smallest absolute Gasteiger partial charge is 0.0151 e. The molecule has 0 amide bonds. The van der Waals surface area contributed by atoms with Gasteiger partial charge in [-0.2, -0.15) is 0 Å². The van der Waals surface area contributed by atoms with Crippen molar-refractivity contribution >= 4 is 11.1 Å². The van der Waals surface area contributed by atoms with Gasteiger partial charge in [-0.3, -0.25) is 0 Å². The van der Waals surface area contributed by atoms with Crippen molar-refractivity contribution in [2.75, 3.05) is 0 Å². The van der Waals surface area contributed by atoms with Gasteiger partial charge in [-0.05, 0) is 66.1 Å². The average Bonchev–Trinajstić information content (AvgIpc) is 2.49. The second-order valence-corrected chi connectivity index (χ2v) is 6.30. The number of hydrogen-bond donors (Lipinski definition) is 0. The zero-order valence-corrected chi connectivity index (χ0v) is 14.4. The summed E-state index contributed by atoms with van der Waals surface area (Å²) in [6.45, 7) is 15.0. The third kappa shape index (κ3) is 3.39. The Morgan fingerprint density at radius 3 is 2.23 bits per heavy atom. The van der Waals surface area contributed by atoms with Crippen LogP contribution >= 0.6 is 0 Å². The van der Waals surface area contributed by atoms with Crippen molar-refractivity contribution in [1.82, 2.24) is 0 Å². The number of benzene rings is 2. The minimum absolute atomic E-state index is 0.507. The molecule has 0 saturated carbocycles. The molecule has 0 aromatic heterocycles. The standard InChI is InChI=1S/C22H26/c1-7-21(22-11-9-8-10-17(22)6)20-13-18(15(2)3)12-19(14-20)16(4)5/h7-14,16H,2H2,1,3-6H3/b21-7-. The Bertz CT molecular complexity index is 715. The van der Waals surface area contributed by atoms with Crippen molar-refractivity contribution < 1.29 is 0 Å². The van der Waals surface area contributed by atoms with E-state index in [2.05, 4.69) is 89.7 Å². The molecule has 22 heavy (non-hydrogen) atoms. The molecule has 2 aromatic rings. The average molecular weight is 290 g/mol. The van der Waals surface area contributed by atoms with Gasteiger partial charge >= 0.3 is 0 Å². The molecule has 0 unspecified atom stereocenters. The summed E-state index contributed by atoms with van der Waals surface area (Å²) in [4.78, 5) is 0. The van der Waals surface area contributed by atoms with E-state index in [1.54, 1.807) is 0 Å². The van der Waals surface area contributed by atoms with Crippen LogP contribution in [0.25, 0.3) is 11.1 Å². The summed E-state index contributed by atoms with van der Waals surface area (Å²) >= 11 is 0. The molecular formula is C22H26. The fraction of sp³-hybridized carbons (Fsp3) is 0.273. The number of allylic oxidation sites excluding steroid dienone is 2. The van der Waals surface area contributed by atoms with Crippen molar-refractivity contribution in [3.63, 3.8) is 0 Å². The topological polar surface area (TPSA) is 0 Å². The highest BCUT2D eigenvalue weighted by atomic mass is 14.2. The van der Waals surface area contributed by atoms with E-state index in [1.165, 1.54) is 33.4 Å². The maximum absolute atomic E-state index is 4.12. The minimum Gasteiger partial charge on any atom is -0.0955 e. The molecule has 0 aliphatic heterocycles. The Hall–Kier alpha value is -2.08. The first-order valence-electron chi connectivity index (χ1n) is 7.97. The second kappa shape index (κ2) is 6.79. The molecule has 0 nitrogen and oxygen atoms in total. The largest absolute Gasteiger partial charge is 0.0955 e. The fourth-order valence-corrected chi connectivity index (χ4v) is 2.74. The Morgan fingerprint density at radius 1 is 1.05 bits per heavy atom. The van der Waals surface area contributed by atoms with Crippen LogP contribution in [0.15, 0.2) is 55.1 Å². The second-order valence-electron chi connectivity index (χ2n) is 6.30. The minimum atomic E-state index is 0.507. The lowest BCUT2D eigenvalue weighted by Crippen LogP contribution is -1.96. The van der Waals surface area contributed by atoms with Crippen LogP contribution in [0.3, 0.4) is 0 Å². The molecule has 0 heterocycles. The Morgan fingerprint density at radius 2 is 1.68 bits per heavy atom. The molecule has 0 spiro atoms. The quantitative estimate of drug-likeness (QED) is 0.595. The molecule has 2 aromatic carbocycles. The zero-order chi connectivity index (χ0) is 16.3. The van der Waals surface area contributed by atoms with Crippen LogP contribution in [0, 0.1) is 6.92 Å². The maximum Gasteiger partial charge on any atom is -0.0151 e. The van der Waals surface area contributed by atoms with Crippen LogP contribution < -0.4 is 0 Å². The fourth-order valence-electron chi connectivity index (χ4n) is 2.74. The molecule has 0 N–H and O–H groups in total. The van der Waals surface area contributed by atoms with E-state index in [-0.39, 0.29) is 0 Å². The van der Waals surface area contributed by atoms with Gasteiger partial charge in [0, 0.05) is 0 Å². The lowest BCUT2D eigenvalue weighted by atomic mass is 9.89. The first kappa shape index (κ1) is 16.3. The molecule has 0 bridgehead atoms. The van der Waals surface area contributed by atoms with Crippen LogP contribution in [-0.4, -0.2) is 0 Å². The highest BCUT2D eigenvalue weighted by Gasteiger charge is 2.11. The van der Waals surface area contributed by atoms with E-state index in [0.29, 0.717) is 5.92 Å². The van der Waals surface area contributed by atoms with Gasteiger partial charge < -0.3 is 0 Å². The predicted molar refractivity (Wildman–Crippen MR) is 99.2 cm³/mol. The highest BCUT2D eigenvalue weighted by molar-refractivity contribution is 5.83. The van der Waals surface area contributed by atoms with Gasteiger partial charge in [0.25, 0.3) is 0 Å². The summed E-state index contributed by atoms with van der Waals surface area (Å²) in [6.07, 6.45) is 2.21. The summed E-state index contributed by atoms with van der Waals surface area (Å²) < 4.78 is 0. The maximum atomic E-state index is 4.12. The van der Waals surface area contributed by atoms with Crippen molar-refractivity contribution in [2.45, 2.75) is 40.5 Å². The van der Waals surface area contributed by atoms with Crippen molar-refractivity contribution in [3.05, 3.63) is 82.9 Å². The van der Waals surface area contributed by atoms with Gasteiger partial charge in [0.1, 0.15) is 0 Å².